The SMILES string of the molecule is Cn1c(=O)c2c(ncn2Cc2noc(CCCC=O)n2)n(C)c1=O. The van der Waals surface area contributed by atoms with Gasteiger partial charge in [-0.2, -0.15) is 4.98 Å². The molecule has 0 bridgehead atoms. The highest BCUT2D eigenvalue weighted by molar-refractivity contribution is 5.70. The lowest BCUT2D eigenvalue weighted by molar-refractivity contribution is -0.107. The first-order valence-corrected chi connectivity index (χ1v) is 7.39. The van der Waals surface area contributed by atoms with Crippen molar-refractivity contribution in [1.82, 2.24) is 28.8 Å². The Bertz CT molecular complexity index is 1010. The fourth-order valence-electron chi connectivity index (χ4n) is 2.46. The smallest absolute Gasteiger partial charge is 0.332 e. The zero-order valence-corrected chi connectivity index (χ0v) is 13.3. The number of rotatable bonds is 6. The molecule has 0 atom stereocenters. The third-order valence-electron chi connectivity index (χ3n) is 3.75. The first-order chi connectivity index (χ1) is 11.5. The minimum absolute atomic E-state index is 0.196. The Morgan fingerprint density at radius 3 is 2.79 bits per heavy atom. The quantitative estimate of drug-likeness (QED) is 0.436. The monoisotopic (exact) mass is 332 g/mol. The third kappa shape index (κ3) is 2.66. The van der Waals surface area contributed by atoms with Gasteiger partial charge in [0.25, 0.3) is 5.56 Å². The van der Waals surface area contributed by atoms with Crippen LogP contribution in [0, 0.1) is 0 Å². The molecule has 0 unspecified atom stereocenters. The van der Waals surface area contributed by atoms with Crippen molar-refractivity contribution in [3.8, 4) is 0 Å². The Morgan fingerprint density at radius 2 is 2.04 bits per heavy atom. The normalized spacial score (nSPS) is 11.2. The first-order valence-electron chi connectivity index (χ1n) is 7.39. The van der Waals surface area contributed by atoms with E-state index in [0.717, 1.165) is 10.9 Å². The Kier molecular flexibility index (Phi) is 4.11. The second-order valence-corrected chi connectivity index (χ2v) is 5.41. The number of unbranched alkanes of at least 4 members (excludes halogenated alkanes) is 1. The number of carbonyl (C=O) groups is 1. The Labute approximate surface area is 135 Å². The number of hydrogen-bond donors (Lipinski definition) is 0. The third-order valence-corrected chi connectivity index (χ3v) is 3.75. The second kappa shape index (κ2) is 6.22. The molecule has 3 aromatic heterocycles. The van der Waals surface area contributed by atoms with Gasteiger partial charge in [-0.1, -0.05) is 5.16 Å². The van der Waals surface area contributed by atoms with E-state index < -0.39 is 11.2 Å². The number of imidazole rings is 1. The van der Waals surface area contributed by atoms with Crippen molar-refractivity contribution in [2.24, 2.45) is 14.1 Å². The van der Waals surface area contributed by atoms with Gasteiger partial charge in [0, 0.05) is 26.9 Å². The van der Waals surface area contributed by atoms with E-state index in [9.17, 15) is 14.4 Å². The summed E-state index contributed by atoms with van der Waals surface area (Å²) in [5, 5.41) is 3.87. The molecule has 0 aliphatic heterocycles. The van der Waals surface area contributed by atoms with Crippen molar-refractivity contribution >= 4 is 17.5 Å². The number of aromatic nitrogens is 6. The van der Waals surface area contributed by atoms with E-state index in [4.69, 9.17) is 4.52 Å². The van der Waals surface area contributed by atoms with Crippen molar-refractivity contribution in [3.63, 3.8) is 0 Å². The van der Waals surface area contributed by atoms with Crippen LogP contribution in [0.25, 0.3) is 11.2 Å². The average Bonchev–Trinajstić information content (AvgIpc) is 3.19. The summed E-state index contributed by atoms with van der Waals surface area (Å²) in [5.74, 6) is 0.836. The van der Waals surface area contributed by atoms with Crippen LogP contribution >= 0.6 is 0 Å². The summed E-state index contributed by atoms with van der Waals surface area (Å²) in [6.07, 6.45) is 3.91. The standard InChI is InChI=1S/C14H16N6O4/c1-18-12-11(13(22)19(2)14(18)23)20(8-15-12)7-9-16-10(24-17-9)5-3-4-6-21/h6,8H,3-5,7H2,1-2H3. The van der Waals surface area contributed by atoms with Crippen LogP contribution in [0.15, 0.2) is 20.4 Å². The maximum atomic E-state index is 12.3. The Balaban J connectivity index is 1.93. The molecule has 0 radical (unpaired) electrons. The summed E-state index contributed by atoms with van der Waals surface area (Å²) in [4.78, 5) is 42.9. The van der Waals surface area contributed by atoms with E-state index in [1.165, 1.54) is 17.9 Å². The average molecular weight is 332 g/mol. The van der Waals surface area contributed by atoms with Crippen LogP contribution in [0.3, 0.4) is 0 Å². The van der Waals surface area contributed by atoms with Crippen LogP contribution in [-0.4, -0.2) is 35.1 Å². The molecule has 0 saturated heterocycles. The fourth-order valence-corrected chi connectivity index (χ4v) is 2.46. The first kappa shape index (κ1) is 15.8. The molecule has 3 rings (SSSR count). The van der Waals surface area contributed by atoms with Gasteiger partial charge >= 0.3 is 5.69 Å². The zero-order chi connectivity index (χ0) is 17.3. The second-order valence-electron chi connectivity index (χ2n) is 5.41. The van der Waals surface area contributed by atoms with Gasteiger partial charge in [-0.3, -0.25) is 13.9 Å². The van der Waals surface area contributed by atoms with Crippen molar-refractivity contribution < 1.29 is 9.32 Å². The summed E-state index contributed by atoms with van der Waals surface area (Å²) in [6, 6.07) is 0. The maximum absolute atomic E-state index is 12.3. The number of carbonyl (C=O) groups excluding carboxylic acids is 1. The maximum Gasteiger partial charge on any atom is 0.332 e. The number of hydrogen-bond acceptors (Lipinski definition) is 7. The van der Waals surface area contributed by atoms with E-state index in [1.807, 2.05) is 0 Å². The lowest BCUT2D eigenvalue weighted by Gasteiger charge is -2.04. The van der Waals surface area contributed by atoms with Gasteiger partial charge in [-0.25, -0.2) is 9.78 Å². The van der Waals surface area contributed by atoms with Crippen LogP contribution in [0.5, 0.6) is 0 Å². The summed E-state index contributed by atoms with van der Waals surface area (Å²) in [6.45, 7) is 0.196. The van der Waals surface area contributed by atoms with E-state index in [0.29, 0.717) is 42.1 Å². The Hall–Kier alpha value is -3.04. The number of aldehydes is 1. The summed E-state index contributed by atoms with van der Waals surface area (Å²) < 4.78 is 9.04. The molecule has 3 heterocycles. The van der Waals surface area contributed by atoms with E-state index in [1.54, 1.807) is 11.6 Å². The van der Waals surface area contributed by atoms with E-state index in [-0.39, 0.29) is 6.54 Å². The lowest BCUT2D eigenvalue weighted by Crippen LogP contribution is -2.37. The fraction of sp³-hybridized carbons (Fsp3) is 0.429. The molecule has 0 fully saturated rings. The largest absolute Gasteiger partial charge is 0.339 e. The van der Waals surface area contributed by atoms with Gasteiger partial charge in [0.15, 0.2) is 17.0 Å². The lowest BCUT2D eigenvalue weighted by atomic mass is 10.2. The predicted octanol–water partition coefficient (Wildman–Crippen LogP) is -0.613. The number of nitrogens with zero attached hydrogens (tertiary/aromatic N) is 6. The number of aryl methyl sites for hydroxylation is 2. The molecule has 0 aromatic carbocycles. The van der Waals surface area contributed by atoms with Crippen LogP contribution in [0.4, 0.5) is 0 Å². The zero-order valence-electron chi connectivity index (χ0n) is 13.3. The summed E-state index contributed by atoms with van der Waals surface area (Å²) in [5.41, 5.74) is -0.264. The molecule has 0 amide bonds. The van der Waals surface area contributed by atoms with Crippen molar-refractivity contribution in [1.29, 1.82) is 0 Å². The molecule has 0 aliphatic rings. The van der Waals surface area contributed by atoms with Crippen LogP contribution in [-0.2, 0) is 31.9 Å². The van der Waals surface area contributed by atoms with Gasteiger partial charge < -0.3 is 13.9 Å². The molecule has 3 aromatic rings. The van der Waals surface area contributed by atoms with Gasteiger partial charge in [-0.15, -0.1) is 0 Å². The highest BCUT2D eigenvalue weighted by atomic mass is 16.5. The summed E-state index contributed by atoms with van der Waals surface area (Å²) in [7, 11) is 2.97. The van der Waals surface area contributed by atoms with Crippen LogP contribution in [0.1, 0.15) is 24.6 Å². The summed E-state index contributed by atoms with van der Waals surface area (Å²) >= 11 is 0. The molecular formula is C14H16N6O4. The van der Waals surface area contributed by atoms with Crippen LogP contribution < -0.4 is 11.2 Å². The highest BCUT2D eigenvalue weighted by Gasteiger charge is 2.16. The minimum Gasteiger partial charge on any atom is -0.339 e. The molecule has 0 N–H and O–H groups in total. The van der Waals surface area contributed by atoms with Gasteiger partial charge in [-0.05, 0) is 6.42 Å². The molecule has 0 saturated carbocycles. The van der Waals surface area contributed by atoms with Crippen molar-refractivity contribution in [2.75, 3.05) is 0 Å². The molecular weight excluding hydrogens is 316 g/mol. The highest BCUT2D eigenvalue weighted by Crippen LogP contribution is 2.09. The molecule has 10 heteroatoms. The van der Waals surface area contributed by atoms with E-state index >= 15 is 0 Å². The van der Waals surface area contributed by atoms with Crippen molar-refractivity contribution in [3.05, 3.63) is 38.9 Å². The van der Waals surface area contributed by atoms with E-state index in [2.05, 4.69) is 15.1 Å². The van der Waals surface area contributed by atoms with Gasteiger partial charge in [0.05, 0.1) is 12.9 Å². The van der Waals surface area contributed by atoms with Gasteiger partial charge in [0.1, 0.15) is 6.29 Å². The molecule has 0 spiro atoms. The minimum atomic E-state index is -0.435. The molecule has 0 aliphatic carbocycles. The molecule has 24 heavy (non-hydrogen) atoms. The van der Waals surface area contributed by atoms with Crippen molar-refractivity contribution in [2.45, 2.75) is 25.8 Å². The molecule has 10 nitrogen and oxygen atoms in total. The Morgan fingerprint density at radius 1 is 1.25 bits per heavy atom. The molecule has 126 valence electrons. The predicted molar refractivity (Wildman–Crippen MR) is 82.6 cm³/mol. The topological polar surface area (TPSA) is 118 Å². The van der Waals surface area contributed by atoms with Crippen LogP contribution in [0.2, 0.25) is 0 Å². The van der Waals surface area contributed by atoms with Gasteiger partial charge in [0.2, 0.25) is 5.89 Å². The number of fused-ring (bicyclic) bond motifs is 1.